The second-order valence-electron chi connectivity index (χ2n) is 7.83. The Kier molecular flexibility index (Phi) is 9.72. The Morgan fingerprint density at radius 1 is 0.500 bits per heavy atom. The summed E-state index contributed by atoms with van der Waals surface area (Å²) in [6.45, 7) is 3.65. The highest BCUT2D eigenvalue weighted by atomic mass is 33.1. The van der Waals surface area contributed by atoms with Gasteiger partial charge in [-0.3, -0.25) is 0 Å². The lowest BCUT2D eigenvalue weighted by atomic mass is 10.2. The molecule has 0 radical (unpaired) electrons. The second-order valence-corrected chi connectivity index (χ2v) is 10.5. The maximum atomic E-state index is 4.58. The highest BCUT2D eigenvalue weighted by Gasteiger charge is 2.10. The van der Waals surface area contributed by atoms with E-state index in [0.717, 1.165) is 49.3 Å². The van der Waals surface area contributed by atoms with Crippen LogP contribution in [0.1, 0.15) is 11.1 Å². The smallest absolute Gasteiger partial charge is 0.128 e. The zero-order valence-electron chi connectivity index (χ0n) is 19.2. The topological polar surface area (TPSA) is 32.3 Å². The lowest BCUT2D eigenvalue weighted by Gasteiger charge is -2.24. The van der Waals surface area contributed by atoms with Gasteiger partial charge in [-0.1, -0.05) is 94.4 Å². The summed E-state index contributed by atoms with van der Waals surface area (Å²) in [4.78, 5) is 13.9. The fourth-order valence-electron chi connectivity index (χ4n) is 3.65. The molecular formula is C28H30N4S2. The van der Waals surface area contributed by atoms with Crippen molar-refractivity contribution in [3.63, 3.8) is 0 Å². The number of rotatable bonds is 13. The second kappa shape index (κ2) is 13.7. The van der Waals surface area contributed by atoms with Crippen molar-refractivity contribution in [3.8, 4) is 0 Å². The Hall–Kier alpha value is -2.96. The third kappa shape index (κ3) is 7.82. The van der Waals surface area contributed by atoms with E-state index in [9.17, 15) is 0 Å². The molecule has 0 N–H and O–H groups in total. The predicted octanol–water partition coefficient (Wildman–Crippen LogP) is 6.57. The molecule has 0 saturated carbocycles. The van der Waals surface area contributed by atoms with Crippen molar-refractivity contribution in [2.45, 2.75) is 13.1 Å². The summed E-state index contributed by atoms with van der Waals surface area (Å²) in [5.74, 6) is 4.13. The summed E-state index contributed by atoms with van der Waals surface area (Å²) in [6.07, 6.45) is 3.74. The third-order valence-electron chi connectivity index (χ3n) is 5.35. The van der Waals surface area contributed by atoms with E-state index in [1.165, 1.54) is 11.1 Å². The summed E-state index contributed by atoms with van der Waals surface area (Å²) >= 11 is 0. The molecular weight excluding hydrogens is 456 g/mol. The number of pyridine rings is 2. The van der Waals surface area contributed by atoms with Gasteiger partial charge in [0, 0.05) is 50.1 Å². The normalized spacial score (nSPS) is 10.7. The van der Waals surface area contributed by atoms with Gasteiger partial charge in [0.2, 0.25) is 0 Å². The first kappa shape index (κ1) is 24.2. The summed E-state index contributed by atoms with van der Waals surface area (Å²) in [6, 6.07) is 33.5. The number of aromatic nitrogens is 2. The minimum atomic E-state index is 0.869. The molecule has 0 saturated heterocycles. The van der Waals surface area contributed by atoms with E-state index in [0.29, 0.717) is 0 Å². The van der Waals surface area contributed by atoms with Gasteiger partial charge in [0.25, 0.3) is 0 Å². The van der Waals surface area contributed by atoms with Crippen LogP contribution in [0, 0.1) is 0 Å². The van der Waals surface area contributed by atoms with Crippen molar-refractivity contribution in [2.24, 2.45) is 0 Å². The SMILES string of the molecule is c1ccc(CN(CCSSCCN(Cc2ccccc2)c2ccccn2)c2ccccn2)cc1. The van der Waals surface area contributed by atoms with Crippen LogP contribution in [0.2, 0.25) is 0 Å². The first-order valence-corrected chi connectivity index (χ1v) is 14.0. The Labute approximate surface area is 210 Å². The first-order chi connectivity index (χ1) is 16.9. The van der Waals surface area contributed by atoms with Crippen LogP contribution in [0.15, 0.2) is 109 Å². The molecule has 0 spiro atoms. The maximum absolute atomic E-state index is 4.58. The van der Waals surface area contributed by atoms with Gasteiger partial charge in [0.1, 0.15) is 11.6 Å². The maximum Gasteiger partial charge on any atom is 0.128 e. The van der Waals surface area contributed by atoms with Crippen LogP contribution in [0.25, 0.3) is 0 Å². The fraction of sp³-hybridized carbons (Fsp3) is 0.214. The third-order valence-corrected chi connectivity index (χ3v) is 7.72. The van der Waals surface area contributed by atoms with Crippen molar-refractivity contribution >= 4 is 33.2 Å². The zero-order valence-corrected chi connectivity index (χ0v) is 20.9. The molecule has 0 bridgehead atoms. The van der Waals surface area contributed by atoms with Gasteiger partial charge in [-0.25, -0.2) is 9.97 Å². The highest BCUT2D eigenvalue weighted by Crippen LogP contribution is 2.24. The average molecular weight is 487 g/mol. The molecule has 0 aliphatic rings. The lowest BCUT2D eigenvalue weighted by Crippen LogP contribution is -2.26. The van der Waals surface area contributed by atoms with Crippen molar-refractivity contribution in [1.29, 1.82) is 0 Å². The minimum Gasteiger partial charge on any atom is -0.351 e. The molecule has 174 valence electrons. The molecule has 0 aliphatic carbocycles. The van der Waals surface area contributed by atoms with Gasteiger partial charge in [0.05, 0.1) is 0 Å². The van der Waals surface area contributed by atoms with Crippen molar-refractivity contribution in [1.82, 2.24) is 9.97 Å². The van der Waals surface area contributed by atoms with E-state index in [4.69, 9.17) is 0 Å². The Balaban J connectivity index is 1.27. The summed E-state index contributed by atoms with van der Waals surface area (Å²) < 4.78 is 0. The molecule has 2 aromatic heterocycles. The fourth-order valence-corrected chi connectivity index (χ4v) is 5.63. The van der Waals surface area contributed by atoms with Gasteiger partial charge < -0.3 is 9.80 Å². The number of benzene rings is 2. The van der Waals surface area contributed by atoms with Crippen molar-refractivity contribution in [2.75, 3.05) is 34.4 Å². The molecule has 0 amide bonds. The monoisotopic (exact) mass is 486 g/mol. The highest BCUT2D eigenvalue weighted by molar-refractivity contribution is 8.76. The molecule has 34 heavy (non-hydrogen) atoms. The van der Waals surface area contributed by atoms with Gasteiger partial charge in [-0.15, -0.1) is 0 Å². The largest absolute Gasteiger partial charge is 0.351 e. The van der Waals surface area contributed by atoms with Crippen LogP contribution in [0.5, 0.6) is 0 Å². The Morgan fingerprint density at radius 2 is 0.912 bits per heavy atom. The van der Waals surface area contributed by atoms with E-state index in [2.05, 4.69) is 105 Å². The molecule has 0 aliphatic heterocycles. The number of hydrogen-bond donors (Lipinski definition) is 0. The summed E-state index contributed by atoms with van der Waals surface area (Å²) in [7, 11) is 3.86. The molecule has 4 aromatic rings. The van der Waals surface area contributed by atoms with Crippen LogP contribution in [-0.4, -0.2) is 34.6 Å². The van der Waals surface area contributed by atoms with Crippen molar-refractivity contribution in [3.05, 3.63) is 121 Å². The summed E-state index contributed by atoms with van der Waals surface area (Å²) in [5, 5.41) is 0. The number of nitrogens with zero attached hydrogens (tertiary/aromatic N) is 4. The summed E-state index contributed by atoms with van der Waals surface area (Å²) in [5.41, 5.74) is 2.61. The molecule has 4 rings (SSSR count). The quantitative estimate of drug-likeness (QED) is 0.157. The van der Waals surface area contributed by atoms with Gasteiger partial charge in [-0.2, -0.15) is 0 Å². The standard InChI is InChI=1S/C28H30N4S2/c1-3-11-25(12-4-1)23-31(27-15-7-9-17-29-27)19-21-33-34-22-20-32(28-16-8-10-18-30-28)24-26-13-5-2-6-14-26/h1-18H,19-24H2. The Morgan fingerprint density at radius 3 is 1.29 bits per heavy atom. The first-order valence-electron chi connectivity index (χ1n) is 11.5. The average Bonchev–Trinajstić information content (AvgIpc) is 2.91. The molecule has 0 atom stereocenters. The van der Waals surface area contributed by atoms with E-state index in [1.54, 1.807) is 0 Å². The molecule has 0 unspecified atom stereocenters. The van der Waals surface area contributed by atoms with E-state index >= 15 is 0 Å². The van der Waals surface area contributed by atoms with E-state index in [-0.39, 0.29) is 0 Å². The minimum absolute atomic E-state index is 0.869. The van der Waals surface area contributed by atoms with Crippen LogP contribution >= 0.6 is 21.6 Å². The van der Waals surface area contributed by atoms with E-state index in [1.807, 2.05) is 46.1 Å². The van der Waals surface area contributed by atoms with Gasteiger partial charge in [0.15, 0.2) is 0 Å². The van der Waals surface area contributed by atoms with Gasteiger partial charge >= 0.3 is 0 Å². The molecule has 0 fully saturated rings. The van der Waals surface area contributed by atoms with E-state index < -0.39 is 0 Å². The molecule has 2 heterocycles. The van der Waals surface area contributed by atoms with Crippen molar-refractivity contribution < 1.29 is 0 Å². The molecule has 2 aromatic carbocycles. The van der Waals surface area contributed by atoms with Gasteiger partial charge in [-0.05, 0) is 35.4 Å². The predicted molar refractivity (Wildman–Crippen MR) is 148 cm³/mol. The number of anilines is 2. The number of hydrogen-bond acceptors (Lipinski definition) is 6. The lowest BCUT2D eigenvalue weighted by molar-refractivity contribution is 0.818. The zero-order chi connectivity index (χ0) is 23.3. The Bertz CT molecular complexity index is 978. The van der Waals surface area contributed by atoms with Crippen LogP contribution in [0.4, 0.5) is 11.6 Å². The molecule has 4 nitrogen and oxygen atoms in total. The van der Waals surface area contributed by atoms with Crippen LogP contribution in [-0.2, 0) is 13.1 Å². The van der Waals surface area contributed by atoms with Crippen LogP contribution in [0.3, 0.4) is 0 Å². The van der Waals surface area contributed by atoms with Crippen LogP contribution < -0.4 is 9.80 Å². The molecule has 6 heteroatoms.